The fraction of sp³-hybridized carbons (Fsp3) is 0.500. The highest BCUT2D eigenvalue weighted by atomic mass is 16.5. The van der Waals surface area contributed by atoms with E-state index in [0.29, 0.717) is 25.5 Å². The number of nitrogens with zero attached hydrogens (tertiary/aromatic N) is 3. The first-order valence-corrected chi connectivity index (χ1v) is 10.3. The Bertz CT molecular complexity index is 816. The number of hydrogen-bond acceptors (Lipinski definition) is 5. The van der Waals surface area contributed by atoms with Crippen molar-refractivity contribution in [2.45, 2.75) is 45.1 Å². The lowest BCUT2D eigenvalue weighted by Crippen LogP contribution is -2.36. The van der Waals surface area contributed by atoms with Crippen LogP contribution in [0.25, 0.3) is 0 Å². The van der Waals surface area contributed by atoms with Gasteiger partial charge in [-0.1, -0.05) is 12.1 Å². The summed E-state index contributed by atoms with van der Waals surface area (Å²) in [6, 6.07) is 8.01. The Labute approximate surface area is 166 Å². The molecule has 2 aliphatic heterocycles. The molecule has 1 aromatic carbocycles. The number of benzene rings is 1. The summed E-state index contributed by atoms with van der Waals surface area (Å²) in [6.45, 7) is 6.02. The van der Waals surface area contributed by atoms with Gasteiger partial charge < -0.3 is 15.0 Å². The highest BCUT2D eigenvalue weighted by Gasteiger charge is 2.25. The van der Waals surface area contributed by atoms with Crippen LogP contribution in [0.4, 0.5) is 0 Å². The smallest absolute Gasteiger partial charge is 0.223 e. The van der Waals surface area contributed by atoms with Crippen LogP contribution in [0.5, 0.6) is 5.75 Å². The second kappa shape index (κ2) is 8.69. The van der Waals surface area contributed by atoms with Gasteiger partial charge in [0.2, 0.25) is 5.91 Å². The van der Waals surface area contributed by atoms with Gasteiger partial charge in [0.25, 0.3) is 0 Å². The number of aromatic nitrogens is 2. The fourth-order valence-corrected chi connectivity index (χ4v) is 3.94. The molecule has 148 valence electrons. The van der Waals surface area contributed by atoms with E-state index in [9.17, 15) is 4.79 Å². The Morgan fingerprint density at radius 3 is 2.93 bits per heavy atom. The lowest BCUT2D eigenvalue weighted by molar-refractivity contribution is -0.132. The molecule has 28 heavy (non-hydrogen) atoms. The number of rotatable bonds is 6. The van der Waals surface area contributed by atoms with Crippen LogP contribution in [0.15, 0.2) is 30.5 Å². The van der Waals surface area contributed by atoms with Crippen molar-refractivity contribution in [2.24, 2.45) is 0 Å². The zero-order valence-corrected chi connectivity index (χ0v) is 16.5. The Balaban J connectivity index is 1.32. The molecule has 4 rings (SSSR count). The first-order valence-electron chi connectivity index (χ1n) is 10.3. The molecule has 6 nitrogen and oxygen atoms in total. The predicted molar refractivity (Wildman–Crippen MR) is 107 cm³/mol. The van der Waals surface area contributed by atoms with Crippen LogP contribution >= 0.6 is 0 Å². The molecule has 3 heterocycles. The molecule has 1 amide bonds. The molecule has 1 aromatic heterocycles. The van der Waals surface area contributed by atoms with Crippen LogP contribution in [0, 0.1) is 0 Å². The molecule has 0 aliphatic carbocycles. The highest BCUT2D eigenvalue weighted by molar-refractivity contribution is 5.76. The van der Waals surface area contributed by atoms with Gasteiger partial charge in [0, 0.05) is 50.2 Å². The van der Waals surface area contributed by atoms with Crippen molar-refractivity contribution >= 4 is 5.91 Å². The third-order valence-corrected chi connectivity index (χ3v) is 5.59. The molecular weight excluding hydrogens is 352 g/mol. The van der Waals surface area contributed by atoms with Gasteiger partial charge in [0.15, 0.2) is 0 Å². The summed E-state index contributed by atoms with van der Waals surface area (Å²) in [5, 5.41) is 3.37. The van der Waals surface area contributed by atoms with Crippen molar-refractivity contribution in [3.63, 3.8) is 0 Å². The average molecular weight is 380 g/mol. The highest BCUT2D eigenvalue weighted by Crippen LogP contribution is 2.23. The Morgan fingerprint density at radius 1 is 1.32 bits per heavy atom. The summed E-state index contributed by atoms with van der Waals surface area (Å²) in [5.74, 6) is 2.46. The number of amides is 1. The van der Waals surface area contributed by atoms with Crippen LogP contribution in [0.1, 0.15) is 48.3 Å². The van der Waals surface area contributed by atoms with Crippen molar-refractivity contribution in [3.05, 3.63) is 53.1 Å². The van der Waals surface area contributed by atoms with Crippen molar-refractivity contribution < 1.29 is 9.53 Å². The SMILES string of the molecule is CCOc1ccc(CCC(=O)N2CCc3nc(C4CCNC4)ncc3C2)cc1. The summed E-state index contributed by atoms with van der Waals surface area (Å²) >= 11 is 0. The largest absolute Gasteiger partial charge is 0.494 e. The molecule has 0 bridgehead atoms. The molecule has 6 heteroatoms. The Hall–Kier alpha value is -2.47. The van der Waals surface area contributed by atoms with Gasteiger partial charge in [-0.25, -0.2) is 9.97 Å². The zero-order chi connectivity index (χ0) is 19.3. The van der Waals surface area contributed by atoms with Gasteiger partial charge in [0.1, 0.15) is 11.6 Å². The molecule has 1 atom stereocenters. The van der Waals surface area contributed by atoms with Crippen LogP contribution < -0.4 is 10.1 Å². The monoisotopic (exact) mass is 380 g/mol. The standard InChI is InChI=1S/C22H28N4O2/c1-2-28-19-6-3-16(4-7-19)5-8-21(27)26-12-10-20-18(15-26)14-24-22(25-20)17-9-11-23-13-17/h3-4,6-7,14,17,23H,2,5,8-13,15H2,1H3. The normalized spacial score (nSPS) is 18.8. The van der Waals surface area contributed by atoms with E-state index in [-0.39, 0.29) is 5.91 Å². The summed E-state index contributed by atoms with van der Waals surface area (Å²) in [6.07, 6.45) is 5.13. The average Bonchev–Trinajstić information content (AvgIpc) is 3.27. The second-order valence-corrected chi connectivity index (χ2v) is 7.53. The van der Waals surface area contributed by atoms with Crippen molar-refractivity contribution in [1.82, 2.24) is 20.2 Å². The maximum absolute atomic E-state index is 12.7. The zero-order valence-electron chi connectivity index (χ0n) is 16.5. The third-order valence-electron chi connectivity index (χ3n) is 5.59. The predicted octanol–water partition coefficient (Wildman–Crippen LogP) is 2.47. The minimum Gasteiger partial charge on any atom is -0.494 e. The third kappa shape index (κ3) is 4.33. The van der Waals surface area contributed by atoms with Crippen LogP contribution in [-0.4, -0.2) is 47.0 Å². The number of ether oxygens (including phenoxy) is 1. The van der Waals surface area contributed by atoms with Crippen molar-refractivity contribution in [2.75, 3.05) is 26.2 Å². The van der Waals surface area contributed by atoms with Gasteiger partial charge in [-0.3, -0.25) is 4.79 Å². The number of fused-ring (bicyclic) bond motifs is 1. The topological polar surface area (TPSA) is 67.3 Å². The molecular formula is C22H28N4O2. The number of hydrogen-bond donors (Lipinski definition) is 1. The number of nitrogens with one attached hydrogen (secondary N) is 1. The molecule has 1 N–H and O–H groups in total. The molecule has 1 unspecified atom stereocenters. The van der Waals surface area contributed by atoms with E-state index in [1.807, 2.05) is 42.3 Å². The Kier molecular flexibility index (Phi) is 5.86. The quantitative estimate of drug-likeness (QED) is 0.834. The van der Waals surface area contributed by atoms with Crippen molar-refractivity contribution in [3.8, 4) is 5.75 Å². The molecule has 2 aliphatic rings. The fourth-order valence-electron chi connectivity index (χ4n) is 3.94. The van der Waals surface area contributed by atoms with E-state index < -0.39 is 0 Å². The van der Waals surface area contributed by atoms with Gasteiger partial charge in [-0.05, 0) is 44.0 Å². The number of aryl methyl sites for hydroxylation is 1. The van der Waals surface area contributed by atoms with Gasteiger partial charge in [-0.15, -0.1) is 0 Å². The lowest BCUT2D eigenvalue weighted by atomic mass is 10.0. The summed E-state index contributed by atoms with van der Waals surface area (Å²) in [4.78, 5) is 24.0. The summed E-state index contributed by atoms with van der Waals surface area (Å²) < 4.78 is 5.47. The first-order chi connectivity index (χ1) is 13.7. The van der Waals surface area contributed by atoms with Crippen LogP contribution in [0.2, 0.25) is 0 Å². The maximum Gasteiger partial charge on any atom is 0.223 e. The molecule has 0 spiro atoms. The second-order valence-electron chi connectivity index (χ2n) is 7.53. The van der Waals surface area contributed by atoms with Gasteiger partial charge in [-0.2, -0.15) is 0 Å². The molecule has 0 radical (unpaired) electrons. The van der Waals surface area contributed by atoms with Gasteiger partial charge >= 0.3 is 0 Å². The maximum atomic E-state index is 12.7. The van der Waals surface area contributed by atoms with Crippen molar-refractivity contribution in [1.29, 1.82) is 0 Å². The number of carbonyl (C=O) groups is 1. The first kappa shape index (κ1) is 18.9. The van der Waals surface area contributed by atoms with Crippen LogP contribution in [-0.2, 0) is 24.2 Å². The number of carbonyl (C=O) groups excluding carboxylic acids is 1. The molecule has 2 aromatic rings. The van der Waals surface area contributed by atoms with E-state index in [0.717, 1.165) is 67.3 Å². The molecule has 0 saturated carbocycles. The Morgan fingerprint density at radius 2 is 2.18 bits per heavy atom. The van der Waals surface area contributed by atoms with E-state index >= 15 is 0 Å². The van der Waals surface area contributed by atoms with E-state index in [1.165, 1.54) is 0 Å². The van der Waals surface area contributed by atoms with Gasteiger partial charge in [0.05, 0.1) is 12.3 Å². The molecule has 1 fully saturated rings. The summed E-state index contributed by atoms with van der Waals surface area (Å²) in [7, 11) is 0. The molecule has 1 saturated heterocycles. The van der Waals surface area contributed by atoms with E-state index in [4.69, 9.17) is 9.72 Å². The summed E-state index contributed by atoms with van der Waals surface area (Å²) in [5.41, 5.74) is 3.37. The minimum atomic E-state index is 0.198. The van der Waals surface area contributed by atoms with Crippen LogP contribution in [0.3, 0.4) is 0 Å². The minimum absolute atomic E-state index is 0.198. The lowest BCUT2D eigenvalue weighted by Gasteiger charge is -2.28. The van der Waals surface area contributed by atoms with E-state index in [2.05, 4.69) is 10.3 Å². The van der Waals surface area contributed by atoms with E-state index in [1.54, 1.807) is 0 Å².